The van der Waals surface area contributed by atoms with E-state index in [1.807, 2.05) is 0 Å². The number of benzene rings is 2. The van der Waals surface area contributed by atoms with Gasteiger partial charge in [-0.2, -0.15) is 0 Å². The lowest BCUT2D eigenvalue weighted by atomic mass is 9.49. The van der Waals surface area contributed by atoms with Crippen molar-refractivity contribution in [1.29, 1.82) is 0 Å². The Morgan fingerprint density at radius 2 is 1.19 bits per heavy atom. The first-order chi connectivity index (χ1) is 24.8. The summed E-state index contributed by atoms with van der Waals surface area (Å²) in [6.45, 7) is 37.4. The largest absolute Gasteiger partial charge is 0.417 e. The number of fused-ring (bicyclic) bond motifs is 1. The van der Waals surface area contributed by atoms with Crippen molar-refractivity contribution in [3.8, 4) is 0 Å². The van der Waals surface area contributed by atoms with Crippen LogP contribution in [0.2, 0.25) is 41.3 Å². The molecule has 0 saturated heterocycles. The van der Waals surface area contributed by atoms with Crippen LogP contribution in [-0.4, -0.2) is 50.1 Å². The highest BCUT2D eigenvalue weighted by molar-refractivity contribution is 6.99. The third kappa shape index (κ3) is 8.16. The van der Waals surface area contributed by atoms with E-state index in [0.717, 1.165) is 45.1 Å². The fourth-order valence-electron chi connectivity index (χ4n) is 10.4. The number of ketones is 1. The van der Waals surface area contributed by atoms with E-state index >= 15 is 0 Å². The third-order valence-corrected chi connectivity index (χ3v) is 30.1. The number of Topliss-reactive ketones (excluding diaryl/α,β-unsaturated/α-hetero) is 1. The molecule has 0 bridgehead atoms. The molecule has 3 fully saturated rings. The monoisotopic (exact) mass is 791 g/mol. The molecule has 0 aromatic heterocycles. The fraction of sp³-hybridized carbons (Fsp3) is 0.723. The highest BCUT2D eigenvalue weighted by atomic mass is 28.4. The van der Waals surface area contributed by atoms with E-state index < -0.39 is 25.0 Å². The molecule has 3 aliphatic rings. The zero-order valence-corrected chi connectivity index (χ0v) is 40.2. The van der Waals surface area contributed by atoms with E-state index in [2.05, 4.69) is 163 Å². The molecular formula is C47H78O4Si3. The number of carbonyl (C=O) groups is 1. The Morgan fingerprint density at radius 3 is 1.69 bits per heavy atom. The van der Waals surface area contributed by atoms with E-state index in [0.29, 0.717) is 42.5 Å². The predicted octanol–water partition coefficient (Wildman–Crippen LogP) is 11.8. The van der Waals surface area contributed by atoms with Crippen LogP contribution in [-0.2, 0) is 18.1 Å². The summed E-state index contributed by atoms with van der Waals surface area (Å²) in [5.41, 5.74) is -0.204. The SMILES string of the molecule is CC(C)(C)[Si](C)(C)OC[C@H]1C[C@@H](O[Si](C)(C)C(C)(C)C)CC[C@@]1(C)[C@H]1CC[C@]2(C)C(=O)CC[C@H]2[C@@H]1CO[Si](c1ccccc1)(c1ccccc1)C(C)(C)C. The Labute approximate surface area is 334 Å². The molecule has 2 aromatic carbocycles. The van der Waals surface area contributed by atoms with Gasteiger partial charge in [0, 0.05) is 31.2 Å². The molecule has 0 radical (unpaired) electrons. The van der Waals surface area contributed by atoms with Gasteiger partial charge in [0.15, 0.2) is 16.6 Å². The highest BCUT2D eigenvalue weighted by Crippen LogP contribution is 2.62. The molecule has 3 aliphatic carbocycles. The quantitative estimate of drug-likeness (QED) is 0.213. The van der Waals surface area contributed by atoms with E-state index in [-0.39, 0.29) is 32.0 Å². The minimum Gasteiger partial charge on any atom is -0.417 e. The Kier molecular flexibility index (Phi) is 12.5. The molecule has 0 heterocycles. The van der Waals surface area contributed by atoms with Crippen molar-refractivity contribution < 1.29 is 18.1 Å². The summed E-state index contributed by atoms with van der Waals surface area (Å²) in [4.78, 5) is 13.8. The normalized spacial score (nSPS) is 30.4. The first-order valence-electron chi connectivity index (χ1n) is 21.4. The van der Waals surface area contributed by atoms with Gasteiger partial charge in [0.25, 0.3) is 8.32 Å². The van der Waals surface area contributed by atoms with Crippen molar-refractivity contribution in [2.75, 3.05) is 13.2 Å². The van der Waals surface area contributed by atoms with Gasteiger partial charge in [0.05, 0.1) is 0 Å². The molecule has 0 unspecified atom stereocenters. The molecule has 0 spiro atoms. The number of hydrogen-bond acceptors (Lipinski definition) is 4. The lowest BCUT2D eigenvalue weighted by molar-refractivity contribution is -0.137. The summed E-state index contributed by atoms with van der Waals surface area (Å²) >= 11 is 0. The zero-order chi connectivity index (χ0) is 40.2. The minimum atomic E-state index is -2.78. The zero-order valence-electron chi connectivity index (χ0n) is 37.2. The van der Waals surface area contributed by atoms with Gasteiger partial charge in [-0.15, -0.1) is 0 Å². The van der Waals surface area contributed by atoms with E-state index in [4.69, 9.17) is 13.3 Å². The third-order valence-electron chi connectivity index (χ3n) is 16.1. The lowest BCUT2D eigenvalue weighted by Gasteiger charge is -2.58. The predicted molar refractivity (Wildman–Crippen MR) is 236 cm³/mol. The second-order valence-corrected chi connectivity index (χ2v) is 36.2. The Bertz CT molecular complexity index is 1530. The molecule has 0 amide bonds. The van der Waals surface area contributed by atoms with Crippen LogP contribution in [0.5, 0.6) is 0 Å². The molecule has 0 N–H and O–H groups in total. The van der Waals surface area contributed by atoms with Crippen LogP contribution in [0.4, 0.5) is 0 Å². The summed E-state index contributed by atoms with van der Waals surface area (Å²) in [5.74, 6) is 1.95. The molecule has 302 valence electrons. The van der Waals surface area contributed by atoms with Gasteiger partial charge >= 0.3 is 0 Å². The number of rotatable bonds is 11. The van der Waals surface area contributed by atoms with Crippen molar-refractivity contribution in [1.82, 2.24) is 0 Å². The summed E-state index contributed by atoms with van der Waals surface area (Å²) in [6, 6.07) is 22.2. The van der Waals surface area contributed by atoms with E-state index in [1.54, 1.807) is 0 Å². The average Bonchev–Trinajstić information content (AvgIpc) is 3.38. The van der Waals surface area contributed by atoms with Crippen molar-refractivity contribution in [2.45, 2.75) is 169 Å². The molecule has 7 heteroatoms. The van der Waals surface area contributed by atoms with Gasteiger partial charge in [0.2, 0.25) is 0 Å². The van der Waals surface area contributed by atoms with Crippen LogP contribution in [0.3, 0.4) is 0 Å². The van der Waals surface area contributed by atoms with Gasteiger partial charge in [-0.3, -0.25) is 4.79 Å². The summed E-state index contributed by atoms with van der Waals surface area (Å²) < 4.78 is 22.3. The fourth-order valence-corrected chi connectivity index (χ4v) is 17.5. The van der Waals surface area contributed by atoms with Crippen molar-refractivity contribution in [2.24, 2.45) is 34.5 Å². The van der Waals surface area contributed by atoms with Crippen molar-refractivity contribution >= 4 is 41.1 Å². The van der Waals surface area contributed by atoms with Gasteiger partial charge in [-0.1, -0.05) is 137 Å². The molecular weight excluding hydrogens is 713 g/mol. The Morgan fingerprint density at radius 1 is 0.648 bits per heavy atom. The molecule has 7 atom stereocenters. The molecule has 3 saturated carbocycles. The van der Waals surface area contributed by atoms with Crippen LogP contribution in [0.1, 0.15) is 121 Å². The topological polar surface area (TPSA) is 44.8 Å². The smallest absolute Gasteiger partial charge is 0.261 e. The minimum absolute atomic E-state index is 0.0576. The first-order valence-corrected chi connectivity index (χ1v) is 29.1. The second kappa shape index (κ2) is 15.4. The number of hydrogen-bond donors (Lipinski definition) is 0. The summed E-state index contributed by atoms with van der Waals surface area (Å²) in [5, 5.41) is 2.88. The molecule has 0 aliphatic heterocycles. The van der Waals surface area contributed by atoms with Crippen LogP contribution in [0.25, 0.3) is 0 Å². The van der Waals surface area contributed by atoms with E-state index in [9.17, 15) is 4.79 Å². The van der Waals surface area contributed by atoms with Gasteiger partial charge in [-0.25, -0.2) is 0 Å². The standard InChI is InChI=1S/C47H78O4Si3/c1-43(2,3)52(12,13)49-33-35-32-36(51-53(14,15)44(4,5)6)28-30-46(35,10)41-29-31-47(11)40(26-27-42(47)48)39(41)34-50-54(45(7,8)9,37-22-18-16-19-23-37)38-24-20-17-21-25-38/h16-25,35-36,39-41H,26-34H2,1-15H3/t35-,36+,39+,40+,41+,46-,47+/m1/s1. The highest BCUT2D eigenvalue weighted by Gasteiger charge is 2.60. The number of carbonyl (C=O) groups excluding carboxylic acids is 1. The van der Waals surface area contributed by atoms with Crippen LogP contribution in [0.15, 0.2) is 60.7 Å². The molecule has 4 nitrogen and oxygen atoms in total. The maximum atomic E-state index is 13.8. The van der Waals surface area contributed by atoms with Crippen LogP contribution in [0, 0.1) is 34.5 Å². The average molecular weight is 791 g/mol. The maximum Gasteiger partial charge on any atom is 0.261 e. The maximum absolute atomic E-state index is 13.8. The van der Waals surface area contributed by atoms with Gasteiger partial charge in [-0.05, 0) is 119 Å². The van der Waals surface area contributed by atoms with Gasteiger partial charge < -0.3 is 13.3 Å². The molecule has 54 heavy (non-hydrogen) atoms. The lowest BCUT2D eigenvalue weighted by Crippen LogP contribution is -2.67. The Balaban J connectivity index is 1.58. The summed E-state index contributed by atoms with van der Waals surface area (Å²) in [6.07, 6.45) is 7.31. The van der Waals surface area contributed by atoms with Crippen molar-refractivity contribution in [3.63, 3.8) is 0 Å². The second-order valence-electron chi connectivity index (χ2n) is 22.3. The van der Waals surface area contributed by atoms with Crippen LogP contribution >= 0.6 is 0 Å². The van der Waals surface area contributed by atoms with Crippen molar-refractivity contribution in [3.05, 3.63) is 60.7 Å². The summed E-state index contributed by atoms with van der Waals surface area (Å²) in [7, 11) is -6.71. The van der Waals surface area contributed by atoms with Crippen LogP contribution < -0.4 is 10.4 Å². The molecule has 5 rings (SSSR count). The molecule has 2 aromatic rings. The van der Waals surface area contributed by atoms with E-state index in [1.165, 1.54) is 10.4 Å². The van der Waals surface area contributed by atoms with Gasteiger partial charge in [0.1, 0.15) is 5.78 Å². The first kappa shape index (κ1) is 43.8. The Hall–Kier alpha value is -1.36.